The smallest absolute Gasteiger partial charge is 0.0897 e. The van der Waals surface area contributed by atoms with Gasteiger partial charge in [0.05, 0.1) is 10.7 Å². The van der Waals surface area contributed by atoms with Crippen LogP contribution in [-0.2, 0) is 6.42 Å². The largest absolute Gasteiger partial charge is 0.330 e. The highest BCUT2D eigenvalue weighted by Gasteiger charge is 1.98. The molecule has 0 fully saturated rings. The third-order valence-electron chi connectivity index (χ3n) is 1.79. The zero-order chi connectivity index (χ0) is 9.68. The molecule has 1 aromatic heterocycles. The minimum Gasteiger partial charge on any atom is -0.330 e. The molecule has 13 heavy (non-hydrogen) atoms. The second-order valence-electron chi connectivity index (χ2n) is 3.16. The van der Waals surface area contributed by atoms with Gasteiger partial charge in [-0.1, -0.05) is 11.6 Å². The van der Waals surface area contributed by atoms with Crippen LogP contribution in [0.3, 0.4) is 0 Å². The molecule has 0 aliphatic heterocycles. The Morgan fingerprint density at radius 1 is 1.69 bits per heavy atom. The number of rotatable bonds is 4. The number of aromatic nitrogens is 1. The second kappa shape index (κ2) is 5.14. The van der Waals surface area contributed by atoms with E-state index in [1.807, 2.05) is 6.92 Å². The molecule has 0 bridgehead atoms. The van der Waals surface area contributed by atoms with E-state index in [0.717, 1.165) is 24.4 Å². The monoisotopic (exact) mass is 196 g/mol. The van der Waals surface area contributed by atoms with E-state index in [1.54, 1.807) is 11.3 Å². The predicted molar refractivity (Wildman–Crippen MR) is 58.0 cm³/mol. The molecule has 1 rings (SSSR count). The van der Waals surface area contributed by atoms with Crippen LogP contribution in [0.1, 0.15) is 24.0 Å². The first-order valence-corrected chi connectivity index (χ1v) is 5.37. The number of allylic oxidation sites excluding steroid dienone is 1. The molecule has 0 aromatic carbocycles. The minimum absolute atomic E-state index is 0.730. The lowest BCUT2D eigenvalue weighted by molar-refractivity contribution is 0.971. The molecular formula is C10H16N2S. The number of nitrogens with zero attached hydrogens (tertiary/aromatic N) is 1. The number of hydrogen-bond donors (Lipinski definition) is 1. The fraction of sp³-hybridized carbons (Fsp3) is 0.500. The van der Waals surface area contributed by atoms with Gasteiger partial charge in [0.1, 0.15) is 0 Å². The number of nitrogens with two attached hydrogens (primary N) is 1. The number of thiazole rings is 1. The summed E-state index contributed by atoms with van der Waals surface area (Å²) in [5.41, 5.74) is 7.95. The number of aryl methyl sites for hydroxylation is 1. The molecule has 0 unspecified atom stereocenters. The maximum atomic E-state index is 5.42. The molecule has 1 heterocycles. The van der Waals surface area contributed by atoms with Crippen molar-refractivity contribution >= 4 is 11.3 Å². The normalized spacial score (nSPS) is 12.1. The van der Waals surface area contributed by atoms with Gasteiger partial charge in [0.15, 0.2) is 0 Å². The van der Waals surface area contributed by atoms with E-state index >= 15 is 0 Å². The average Bonchev–Trinajstić information content (AvgIpc) is 2.48. The zero-order valence-corrected chi connectivity index (χ0v) is 9.03. The number of hydrogen-bond acceptors (Lipinski definition) is 3. The van der Waals surface area contributed by atoms with Crippen molar-refractivity contribution in [2.75, 3.05) is 6.54 Å². The van der Waals surface area contributed by atoms with Crippen molar-refractivity contribution < 1.29 is 0 Å². The molecule has 0 amide bonds. The van der Waals surface area contributed by atoms with E-state index in [1.165, 1.54) is 11.3 Å². The average molecular weight is 196 g/mol. The van der Waals surface area contributed by atoms with Gasteiger partial charge in [-0.25, -0.2) is 4.98 Å². The summed E-state index contributed by atoms with van der Waals surface area (Å²) in [6.45, 7) is 4.89. The van der Waals surface area contributed by atoms with Crippen molar-refractivity contribution in [3.8, 4) is 0 Å². The van der Waals surface area contributed by atoms with Crippen LogP contribution in [0.2, 0.25) is 0 Å². The topological polar surface area (TPSA) is 38.9 Å². The highest BCUT2D eigenvalue weighted by Crippen LogP contribution is 2.12. The third-order valence-corrected chi connectivity index (χ3v) is 2.61. The van der Waals surface area contributed by atoms with Crippen LogP contribution >= 0.6 is 11.3 Å². The van der Waals surface area contributed by atoms with Crippen LogP contribution < -0.4 is 5.73 Å². The van der Waals surface area contributed by atoms with Crippen molar-refractivity contribution in [1.82, 2.24) is 4.98 Å². The van der Waals surface area contributed by atoms with Crippen LogP contribution in [0.5, 0.6) is 0 Å². The van der Waals surface area contributed by atoms with Crippen molar-refractivity contribution in [2.24, 2.45) is 5.73 Å². The van der Waals surface area contributed by atoms with E-state index in [9.17, 15) is 0 Å². The van der Waals surface area contributed by atoms with Crippen molar-refractivity contribution in [1.29, 1.82) is 0 Å². The van der Waals surface area contributed by atoms with Crippen molar-refractivity contribution in [3.63, 3.8) is 0 Å². The highest BCUT2D eigenvalue weighted by atomic mass is 32.1. The van der Waals surface area contributed by atoms with E-state index < -0.39 is 0 Å². The Labute approximate surface area is 83.5 Å². The van der Waals surface area contributed by atoms with E-state index in [-0.39, 0.29) is 0 Å². The Balaban J connectivity index is 2.49. The molecule has 0 saturated heterocycles. The lowest BCUT2D eigenvalue weighted by Crippen LogP contribution is -1.96. The SMILES string of the molecule is CC(=CCCN)Cc1csc(C)n1. The van der Waals surface area contributed by atoms with Gasteiger partial charge in [-0.15, -0.1) is 11.3 Å². The van der Waals surface area contributed by atoms with Gasteiger partial charge < -0.3 is 5.73 Å². The Bertz CT molecular complexity index is 289. The summed E-state index contributed by atoms with van der Waals surface area (Å²) in [7, 11) is 0. The molecule has 1 aromatic rings. The summed E-state index contributed by atoms with van der Waals surface area (Å²) < 4.78 is 0. The Hall–Kier alpha value is -0.670. The summed E-state index contributed by atoms with van der Waals surface area (Å²) in [5.74, 6) is 0. The maximum absolute atomic E-state index is 5.42. The van der Waals surface area contributed by atoms with E-state index in [0.29, 0.717) is 0 Å². The van der Waals surface area contributed by atoms with Crippen LogP contribution in [0.15, 0.2) is 17.0 Å². The summed E-state index contributed by atoms with van der Waals surface area (Å²) in [6, 6.07) is 0. The molecule has 2 nitrogen and oxygen atoms in total. The molecule has 2 N–H and O–H groups in total. The van der Waals surface area contributed by atoms with Gasteiger partial charge in [0, 0.05) is 11.8 Å². The maximum Gasteiger partial charge on any atom is 0.0897 e. The molecule has 3 heteroatoms. The summed E-state index contributed by atoms with van der Waals surface area (Å²) in [6.07, 6.45) is 4.12. The Kier molecular flexibility index (Phi) is 4.12. The molecule has 0 radical (unpaired) electrons. The Morgan fingerprint density at radius 2 is 2.46 bits per heavy atom. The Morgan fingerprint density at radius 3 is 3.00 bits per heavy atom. The highest BCUT2D eigenvalue weighted by molar-refractivity contribution is 7.09. The van der Waals surface area contributed by atoms with Crippen LogP contribution in [0.4, 0.5) is 0 Å². The molecular weight excluding hydrogens is 180 g/mol. The first kappa shape index (κ1) is 10.4. The van der Waals surface area contributed by atoms with Crippen molar-refractivity contribution in [2.45, 2.75) is 26.7 Å². The predicted octanol–water partition coefficient (Wildman–Crippen LogP) is 2.29. The van der Waals surface area contributed by atoms with E-state index in [2.05, 4.69) is 23.4 Å². The van der Waals surface area contributed by atoms with Crippen LogP contribution in [-0.4, -0.2) is 11.5 Å². The lowest BCUT2D eigenvalue weighted by Gasteiger charge is -1.96. The minimum atomic E-state index is 0.730. The first-order chi connectivity index (χ1) is 6.22. The second-order valence-corrected chi connectivity index (χ2v) is 4.22. The molecule has 0 spiro atoms. The molecule has 0 atom stereocenters. The zero-order valence-electron chi connectivity index (χ0n) is 8.21. The fourth-order valence-corrected chi connectivity index (χ4v) is 1.79. The van der Waals surface area contributed by atoms with E-state index in [4.69, 9.17) is 5.73 Å². The third kappa shape index (κ3) is 3.70. The summed E-state index contributed by atoms with van der Waals surface area (Å²) in [5, 5.41) is 3.26. The van der Waals surface area contributed by atoms with Gasteiger partial charge >= 0.3 is 0 Å². The molecule has 72 valence electrons. The van der Waals surface area contributed by atoms with Gasteiger partial charge in [0.2, 0.25) is 0 Å². The van der Waals surface area contributed by atoms with Crippen LogP contribution in [0, 0.1) is 6.92 Å². The van der Waals surface area contributed by atoms with Gasteiger partial charge in [-0.3, -0.25) is 0 Å². The molecule has 0 saturated carbocycles. The summed E-state index contributed by atoms with van der Waals surface area (Å²) in [4.78, 5) is 4.41. The fourth-order valence-electron chi connectivity index (χ4n) is 1.18. The lowest BCUT2D eigenvalue weighted by atomic mass is 10.1. The summed E-state index contributed by atoms with van der Waals surface area (Å²) >= 11 is 1.71. The van der Waals surface area contributed by atoms with Gasteiger partial charge in [-0.2, -0.15) is 0 Å². The standard InChI is InChI=1S/C10H16N2S/c1-8(4-3-5-11)6-10-7-13-9(2)12-10/h4,7H,3,5-6,11H2,1-2H3. The first-order valence-electron chi connectivity index (χ1n) is 4.49. The molecule has 0 aliphatic carbocycles. The van der Waals surface area contributed by atoms with Gasteiger partial charge in [0.25, 0.3) is 0 Å². The van der Waals surface area contributed by atoms with Crippen LogP contribution in [0.25, 0.3) is 0 Å². The molecule has 0 aliphatic rings. The van der Waals surface area contributed by atoms with Gasteiger partial charge in [-0.05, 0) is 26.8 Å². The van der Waals surface area contributed by atoms with Crippen molar-refractivity contribution in [3.05, 3.63) is 27.7 Å². The quantitative estimate of drug-likeness (QED) is 0.750.